The van der Waals surface area contributed by atoms with Gasteiger partial charge in [-0.25, -0.2) is 4.39 Å². The molecule has 2 aromatic carbocycles. The summed E-state index contributed by atoms with van der Waals surface area (Å²) in [4.78, 5) is 26.5. The van der Waals surface area contributed by atoms with Crippen LogP contribution in [0.15, 0.2) is 48.5 Å². The van der Waals surface area contributed by atoms with Gasteiger partial charge in [0.05, 0.1) is 0 Å². The molecule has 0 bridgehead atoms. The van der Waals surface area contributed by atoms with Gasteiger partial charge in [-0.2, -0.15) is 0 Å². The minimum atomic E-state index is -0.288. The lowest BCUT2D eigenvalue weighted by atomic mass is 10.1. The lowest BCUT2D eigenvalue weighted by molar-refractivity contribution is -0.117. The Labute approximate surface area is 152 Å². The van der Waals surface area contributed by atoms with Gasteiger partial charge >= 0.3 is 0 Å². The highest BCUT2D eigenvalue weighted by Gasteiger charge is 2.33. The van der Waals surface area contributed by atoms with Crippen LogP contribution in [0.5, 0.6) is 0 Å². The zero-order valence-electron chi connectivity index (χ0n) is 14.5. The first-order valence-corrected chi connectivity index (χ1v) is 9.07. The van der Waals surface area contributed by atoms with Crippen molar-refractivity contribution < 1.29 is 14.0 Å². The highest BCUT2D eigenvalue weighted by atomic mass is 19.1. The minimum absolute atomic E-state index is 0.0447. The van der Waals surface area contributed by atoms with E-state index in [-0.39, 0.29) is 36.1 Å². The Morgan fingerprint density at radius 1 is 1.00 bits per heavy atom. The number of hydrogen-bond acceptors (Lipinski definition) is 2. The first kappa shape index (κ1) is 16.8. The summed E-state index contributed by atoms with van der Waals surface area (Å²) >= 11 is 0. The molecule has 2 saturated carbocycles. The summed E-state index contributed by atoms with van der Waals surface area (Å²) in [7, 11) is 0. The lowest BCUT2D eigenvalue weighted by Gasteiger charge is -2.23. The summed E-state index contributed by atoms with van der Waals surface area (Å²) < 4.78 is 14.0. The van der Waals surface area contributed by atoms with E-state index in [1.54, 1.807) is 47.4 Å². The quantitative estimate of drug-likeness (QED) is 0.855. The fourth-order valence-corrected chi connectivity index (χ4v) is 3.01. The zero-order valence-corrected chi connectivity index (χ0v) is 14.5. The SMILES string of the molecule is O=C(Nc1ccc(C(=O)N(Cc2ccccc2F)C2CC2)cc1)C1CC1. The maximum absolute atomic E-state index is 14.0. The molecule has 0 atom stereocenters. The second kappa shape index (κ2) is 6.90. The highest BCUT2D eigenvalue weighted by molar-refractivity contribution is 5.97. The van der Waals surface area contributed by atoms with Crippen molar-refractivity contribution in [1.82, 2.24) is 4.90 Å². The summed E-state index contributed by atoms with van der Waals surface area (Å²) in [5.41, 5.74) is 1.78. The third-order valence-corrected chi connectivity index (χ3v) is 4.89. The Hall–Kier alpha value is -2.69. The Bertz CT molecular complexity index is 826. The molecule has 1 N–H and O–H groups in total. The van der Waals surface area contributed by atoms with Crippen molar-refractivity contribution in [3.63, 3.8) is 0 Å². The smallest absolute Gasteiger partial charge is 0.254 e. The molecular weight excluding hydrogens is 331 g/mol. The normalized spacial score (nSPS) is 16.2. The van der Waals surface area contributed by atoms with Gasteiger partial charge in [-0.05, 0) is 56.0 Å². The van der Waals surface area contributed by atoms with Crippen LogP contribution in [0.3, 0.4) is 0 Å². The van der Waals surface area contributed by atoms with Crippen molar-refractivity contribution in [2.24, 2.45) is 5.92 Å². The van der Waals surface area contributed by atoms with Gasteiger partial charge in [0.2, 0.25) is 5.91 Å². The molecule has 0 heterocycles. The first-order chi connectivity index (χ1) is 12.6. The molecule has 2 aliphatic rings. The van der Waals surface area contributed by atoms with E-state index < -0.39 is 0 Å². The van der Waals surface area contributed by atoms with Crippen LogP contribution in [-0.2, 0) is 11.3 Å². The molecular formula is C21H21FN2O2. The Morgan fingerprint density at radius 3 is 2.31 bits per heavy atom. The van der Waals surface area contributed by atoms with E-state index in [0.29, 0.717) is 16.8 Å². The predicted molar refractivity (Wildman–Crippen MR) is 97.1 cm³/mol. The fraction of sp³-hybridized carbons (Fsp3) is 0.333. The maximum atomic E-state index is 14.0. The zero-order chi connectivity index (χ0) is 18.1. The van der Waals surface area contributed by atoms with Gasteiger partial charge in [0.25, 0.3) is 5.91 Å². The molecule has 2 aromatic rings. The van der Waals surface area contributed by atoms with Crippen LogP contribution >= 0.6 is 0 Å². The summed E-state index contributed by atoms with van der Waals surface area (Å²) in [6.07, 6.45) is 3.81. The van der Waals surface area contributed by atoms with E-state index in [4.69, 9.17) is 0 Å². The summed E-state index contributed by atoms with van der Waals surface area (Å²) in [5.74, 6) is -0.203. The van der Waals surface area contributed by atoms with Crippen LogP contribution in [0.2, 0.25) is 0 Å². The molecule has 0 radical (unpaired) electrons. The van der Waals surface area contributed by atoms with Gasteiger partial charge in [-0.1, -0.05) is 18.2 Å². The van der Waals surface area contributed by atoms with Crippen LogP contribution in [0.1, 0.15) is 41.6 Å². The number of nitrogens with one attached hydrogen (secondary N) is 1. The fourth-order valence-electron chi connectivity index (χ4n) is 3.01. The molecule has 0 aliphatic heterocycles. The average molecular weight is 352 g/mol. The summed E-state index contributed by atoms with van der Waals surface area (Å²) in [5, 5.41) is 2.87. The number of halogens is 1. The van der Waals surface area contributed by atoms with Gasteiger partial charge < -0.3 is 10.2 Å². The monoisotopic (exact) mass is 352 g/mol. The number of benzene rings is 2. The average Bonchev–Trinajstić information content (AvgIpc) is 3.54. The predicted octanol–water partition coefficient (Wildman–Crippen LogP) is 3.98. The molecule has 0 aromatic heterocycles. The second-order valence-electron chi connectivity index (χ2n) is 7.10. The molecule has 2 aliphatic carbocycles. The number of anilines is 1. The Morgan fingerprint density at radius 2 is 1.69 bits per heavy atom. The number of carbonyl (C=O) groups is 2. The van der Waals surface area contributed by atoms with Crippen molar-refractivity contribution in [3.8, 4) is 0 Å². The maximum Gasteiger partial charge on any atom is 0.254 e. The van der Waals surface area contributed by atoms with Crippen LogP contribution < -0.4 is 5.32 Å². The Kier molecular flexibility index (Phi) is 4.45. The molecule has 0 unspecified atom stereocenters. The second-order valence-corrected chi connectivity index (χ2v) is 7.10. The molecule has 134 valence electrons. The molecule has 5 heteroatoms. The number of hydrogen-bond donors (Lipinski definition) is 1. The largest absolute Gasteiger partial charge is 0.331 e. The van der Waals surface area contributed by atoms with Gasteiger partial charge in [0.1, 0.15) is 5.82 Å². The van der Waals surface area contributed by atoms with Crippen LogP contribution in [0.25, 0.3) is 0 Å². The van der Waals surface area contributed by atoms with Gasteiger partial charge in [-0.3, -0.25) is 9.59 Å². The van der Waals surface area contributed by atoms with Crippen molar-refractivity contribution in [2.45, 2.75) is 38.3 Å². The highest BCUT2D eigenvalue weighted by Crippen LogP contribution is 2.31. The van der Waals surface area contributed by atoms with Crippen molar-refractivity contribution >= 4 is 17.5 Å². The van der Waals surface area contributed by atoms with Crippen LogP contribution in [-0.4, -0.2) is 22.8 Å². The summed E-state index contributed by atoms with van der Waals surface area (Å²) in [6.45, 7) is 0.274. The Balaban J connectivity index is 1.47. The molecule has 4 nitrogen and oxygen atoms in total. The van der Waals surface area contributed by atoms with E-state index in [1.807, 2.05) is 0 Å². The number of amides is 2. The lowest BCUT2D eigenvalue weighted by Crippen LogP contribution is -2.32. The standard InChI is InChI=1S/C21H21FN2O2/c22-19-4-2-1-3-16(19)13-24(18-11-12-18)21(26)15-7-9-17(10-8-15)23-20(25)14-5-6-14/h1-4,7-10,14,18H,5-6,11-13H2,(H,23,25). The van der Waals surface area contributed by atoms with E-state index >= 15 is 0 Å². The van der Waals surface area contributed by atoms with E-state index in [2.05, 4.69) is 5.32 Å². The molecule has 2 fully saturated rings. The molecule has 4 rings (SSSR count). The minimum Gasteiger partial charge on any atom is -0.331 e. The van der Waals surface area contributed by atoms with Crippen molar-refractivity contribution in [3.05, 3.63) is 65.5 Å². The van der Waals surface area contributed by atoms with Gasteiger partial charge in [0, 0.05) is 35.3 Å². The summed E-state index contributed by atoms with van der Waals surface area (Å²) in [6, 6.07) is 13.7. The van der Waals surface area contributed by atoms with Gasteiger partial charge in [0.15, 0.2) is 0 Å². The van der Waals surface area contributed by atoms with Crippen molar-refractivity contribution in [2.75, 3.05) is 5.32 Å². The number of carbonyl (C=O) groups excluding carboxylic acids is 2. The van der Waals surface area contributed by atoms with E-state index in [1.165, 1.54) is 6.07 Å². The van der Waals surface area contributed by atoms with Gasteiger partial charge in [-0.15, -0.1) is 0 Å². The van der Waals surface area contributed by atoms with Crippen LogP contribution in [0, 0.1) is 11.7 Å². The molecule has 0 spiro atoms. The number of rotatable bonds is 6. The van der Waals surface area contributed by atoms with Crippen molar-refractivity contribution in [1.29, 1.82) is 0 Å². The molecule has 26 heavy (non-hydrogen) atoms. The van der Waals surface area contributed by atoms with E-state index in [9.17, 15) is 14.0 Å². The van der Waals surface area contributed by atoms with Crippen LogP contribution in [0.4, 0.5) is 10.1 Å². The molecule has 2 amide bonds. The van der Waals surface area contributed by atoms with E-state index in [0.717, 1.165) is 25.7 Å². The third kappa shape index (κ3) is 3.77. The topological polar surface area (TPSA) is 49.4 Å². The first-order valence-electron chi connectivity index (χ1n) is 9.07. The third-order valence-electron chi connectivity index (χ3n) is 4.89. The molecule has 0 saturated heterocycles. The number of nitrogens with zero attached hydrogens (tertiary/aromatic N) is 1.